The maximum absolute atomic E-state index is 3.17. The second-order valence-corrected chi connectivity index (χ2v) is 3.65. The van der Waals surface area contributed by atoms with Crippen molar-refractivity contribution in [1.82, 2.24) is 0 Å². The normalized spacial score (nSPS) is 10.1. The van der Waals surface area contributed by atoms with E-state index in [0.29, 0.717) is 0 Å². The second-order valence-electron chi connectivity index (χ2n) is 3.65. The molecule has 0 aromatic carbocycles. The summed E-state index contributed by atoms with van der Waals surface area (Å²) in [7, 11) is 0. The highest BCUT2D eigenvalue weighted by atomic mass is 13.9. The molecule has 14 heavy (non-hydrogen) atoms. The monoisotopic (exact) mass is 192 g/mol. The van der Waals surface area contributed by atoms with Gasteiger partial charge in [-0.15, -0.1) is 0 Å². The minimum absolute atomic E-state index is 1.07. The summed E-state index contributed by atoms with van der Waals surface area (Å²) in [6.07, 6.45) is 14.4. The predicted molar refractivity (Wildman–Crippen MR) is 65.2 cm³/mol. The minimum Gasteiger partial charge on any atom is -0.0985 e. The first kappa shape index (κ1) is 13.3. The Hall–Kier alpha value is -0.700. The lowest BCUT2D eigenvalue weighted by Gasteiger charge is -1.96. The molecule has 0 bridgehead atoms. The molecule has 80 valence electrons. The Labute approximate surface area is 89.8 Å². The van der Waals surface area contributed by atoms with Crippen LogP contribution in [0.4, 0.5) is 0 Å². The summed E-state index contributed by atoms with van der Waals surface area (Å²) in [6, 6.07) is 0. The molecule has 0 radical (unpaired) electrons. The third-order valence-corrected chi connectivity index (χ3v) is 2.19. The quantitative estimate of drug-likeness (QED) is 0.405. The Morgan fingerprint density at radius 3 is 2.36 bits per heavy atom. The van der Waals surface area contributed by atoms with Gasteiger partial charge in [0, 0.05) is 6.42 Å². The summed E-state index contributed by atoms with van der Waals surface area (Å²) in [5.41, 5.74) is 0. The highest BCUT2D eigenvalue weighted by molar-refractivity contribution is 5.14. The third-order valence-electron chi connectivity index (χ3n) is 2.19. The summed E-state index contributed by atoms with van der Waals surface area (Å²) in [4.78, 5) is 0. The number of rotatable bonds is 7. The Morgan fingerprint density at radius 2 is 1.64 bits per heavy atom. The first-order valence-corrected chi connectivity index (χ1v) is 6.05. The average molecular weight is 192 g/mol. The SMILES string of the molecule is CC/C=C\C#CCCCCCCCC. The van der Waals surface area contributed by atoms with E-state index >= 15 is 0 Å². The fourth-order valence-electron chi connectivity index (χ4n) is 1.30. The summed E-state index contributed by atoms with van der Waals surface area (Å²) < 4.78 is 0. The molecule has 0 aliphatic heterocycles. The van der Waals surface area contributed by atoms with Crippen molar-refractivity contribution < 1.29 is 0 Å². The molecule has 0 unspecified atom stereocenters. The van der Waals surface area contributed by atoms with Crippen LogP contribution in [-0.2, 0) is 0 Å². The molecule has 0 saturated heterocycles. The van der Waals surface area contributed by atoms with Gasteiger partial charge in [-0.2, -0.15) is 0 Å². The Balaban J connectivity index is 3.11. The van der Waals surface area contributed by atoms with Gasteiger partial charge in [0.05, 0.1) is 0 Å². The van der Waals surface area contributed by atoms with E-state index in [1.807, 2.05) is 6.08 Å². The van der Waals surface area contributed by atoms with Crippen LogP contribution in [0.15, 0.2) is 12.2 Å². The van der Waals surface area contributed by atoms with Gasteiger partial charge in [0.15, 0.2) is 0 Å². The molecule has 0 heterocycles. The van der Waals surface area contributed by atoms with Gasteiger partial charge in [0.2, 0.25) is 0 Å². The molecule has 0 spiro atoms. The van der Waals surface area contributed by atoms with E-state index < -0.39 is 0 Å². The van der Waals surface area contributed by atoms with Crippen molar-refractivity contribution in [3.05, 3.63) is 12.2 Å². The zero-order chi connectivity index (χ0) is 10.5. The molecule has 0 aliphatic carbocycles. The van der Waals surface area contributed by atoms with Gasteiger partial charge in [-0.1, -0.05) is 63.9 Å². The van der Waals surface area contributed by atoms with Gasteiger partial charge < -0.3 is 0 Å². The van der Waals surface area contributed by atoms with E-state index in [0.717, 1.165) is 12.8 Å². The zero-order valence-corrected chi connectivity index (χ0v) is 9.81. The summed E-state index contributed by atoms with van der Waals surface area (Å²) in [5, 5.41) is 0. The van der Waals surface area contributed by atoms with Crippen LogP contribution < -0.4 is 0 Å². The molecule has 0 aliphatic rings. The second kappa shape index (κ2) is 12.3. The van der Waals surface area contributed by atoms with E-state index in [-0.39, 0.29) is 0 Å². The topological polar surface area (TPSA) is 0 Å². The van der Waals surface area contributed by atoms with Gasteiger partial charge in [-0.3, -0.25) is 0 Å². The first-order chi connectivity index (χ1) is 6.91. The van der Waals surface area contributed by atoms with E-state index in [1.54, 1.807) is 0 Å². The van der Waals surface area contributed by atoms with Gasteiger partial charge in [-0.25, -0.2) is 0 Å². The molecule has 0 aromatic heterocycles. The fourth-order valence-corrected chi connectivity index (χ4v) is 1.30. The molecular formula is C14H24. The summed E-state index contributed by atoms with van der Waals surface area (Å²) >= 11 is 0. The lowest BCUT2D eigenvalue weighted by Crippen LogP contribution is -1.77. The molecular weight excluding hydrogens is 168 g/mol. The molecule has 0 saturated carbocycles. The Bertz CT molecular complexity index is 178. The zero-order valence-electron chi connectivity index (χ0n) is 9.81. The van der Waals surface area contributed by atoms with Crippen molar-refractivity contribution in [1.29, 1.82) is 0 Å². The van der Waals surface area contributed by atoms with Crippen LogP contribution >= 0.6 is 0 Å². The van der Waals surface area contributed by atoms with Crippen molar-refractivity contribution in [2.24, 2.45) is 0 Å². The van der Waals surface area contributed by atoms with Crippen LogP contribution in [0.5, 0.6) is 0 Å². The van der Waals surface area contributed by atoms with E-state index in [4.69, 9.17) is 0 Å². The molecule has 0 nitrogen and oxygen atoms in total. The molecule has 0 N–H and O–H groups in total. The van der Waals surface area contributed by atoms with Crippen molar-refractivity contribution in [3.8, 4) is 11.8 Å². The van der Waals surface area contributed by atoms with Crippen molar-refractivity contribution in [2.75, 3.05) is 0 Å². The summed E-state index contributed by atoms with van der Waals surface area (Å²) in [5.74, 6) is 6.23. The van der Waals surface area contributed by atoms with Crippen LogP contribution in [0.25, 0.3) is 0 Å². The molecule has 0 atom stereocenters. The number of unbranched alkanes of at least 4 members (excludes halogenated alkanes) is 6. The molecule has 0 amide bonds. The van der Waals surface area contributed by atoms with E-state index in [1.165, 1.54) is 38.5 Å². The summed E-state index contributed by atoms with van der Waals surface area (Å²) in [6.45, 7) is 4.39. The number of hydrogen-bond donors (Lipinski definition) is 0. The lowest BCUT2D eigenvalue weighted by atomic mass is 10.1. The van der Waals surface area contributed by atoms with Crippen molar-refractivity contribution in [2.45, 2.75) is 65.2 Å². The van der Waals surface area contributed by atoms with Crippen LogP contribution in [0.1, 0.15) is 65.2 Å². The lowest BCUT2D eigenvalue weighted by molar-refractivity contribution is 0.614. The van der Waals surface area contributed by atoms with Crippen LogP contribution in [0.2, 0.25) is 0 Å². The van der Waals surface area contributed by atoms with E-state index in [2.05, 4.69) is 31.8 Å². The molecule has 0 heteroatoms. The largest absolute Gasteiger partial charge is 0.0985 e. The molecule has 0 fully saturated rings. The highest BCUT2D eigenvalue weighted by Gasteiger charge is 1.87. The molecule has 0 rings (SSSR count). The fraction of sp³-hybridized carbons (Fsp3) is 0.714. The maximum Gasteiger partial charge on any atom is 0.00922 e. The highest BCUT2D eigenvalue weighted by Crippen LogP contribution is 2.05. The third kappa shape index (κ3) is 11.3. The standard InChI is InChI=1S/C14H24/c1-3-5-7-9-11-13-14-12-10-8-6-4-2/h5,7H,3-4,6,8,10,12-14H2,1-2H3/b7-5-. The van der Waals surface area contributed by atoms with Crippen LogP contribution in [0, 0.1) is 11.8 Å². The first-order valence-electron chi connectivity index (χ1n) is 6.05. The minimum atomic E-state index is 1.07. The Morgan fingerprint density at radius 1 is 0.929 bits per heavy atom. The van der Waals surface area contributed by atoms with Gasteiger partial charge in [0.25, 0.3) is 0 Å². The number of allylic oxidation sites excluding steroid dienone is 2. The van der Waals surface area contributed by atoms with E-state index in [9.17, 15) is 0 Å². The van der Waals surface area contributed by atoms with Crippen molar-refractivity contribution in [3.63, 3.8) is 0 Å². The molecule has 0 aromatic rings. The average Bonchev–Trinajstić information content (AvgIpc) is 2.21. The predicted octanol–water partition coefficient (Wildman–Crippen LogP) is 4.71. The van der Waals surface area contributed by atoms with Gasteiger partial charge in [0.1, 0.15) is 0 Å². The van der Waals surface area contributed by atoms with Crippen LogP contribution in [-0.4, -0.2) is 0 Å². The van der Waals surface area contributed by atoms with Gasteiger partial charge >= 0.3 is 0 Å². The van der Waals surface area contributed by atoms with Crippen molar-refractivity contribution >= 4 is 0 Å². The smallest absolute Gasteiger partial charge is 0.00922 e. The maximum atomic E-state index is 3.17. The van der Waals surface area contributed by atoms with Crippen LogP contribution in [0.3, 0.4) is 0 Å². The Kier molecular flexibility index (Phi) is 11.7. The number of hydrogen-bond acceptors (Lipinski definition) is 0. The van der Waals surface area contributed by atoms with Gasteiger partial charge in [-0.05, 0) is 18.9 Å².